The van der Waals surface area contributed by atoms with E-state index in [1.807, 2.05) is 6.08 Å². The highest BCUT2D eigenvalue weighted by atomic mass is 16.5. The highest BCUT2D eigenvalue weighted by Crippen LogP contribution is 2.59. The summed E-state index contributed by atoms with van der Waals surface area (Å²) in [5, 5.41) is 0. The second-order valence-corrected chi connectivity index (χ2v) is 8.10. The molecule has 0 radical (unpaired) electrons. The lowest BCUT2D eigenvalue weighted by Crippen LogP contribution is -2.54. The molecule has 0 unspecified atom stereocenters. The van der Waals surface area contributed by atoms with Gasteiger partial charge in [0.05, 0.1) is 6.61 Å². The molecule has 0 N–H and O–H groups in total. The van der Waals surface area contributed by atoms with Gasteiger partial charge in [-0.05, 0) is 41.6 Å². The topological polar surface area (TPSA) is 69.7 Å². The molecule has 1 saturated carbocycles. The first-order valence-corrected chi connectivity index (χ1v) is 8.56. The maximum Gasteiger partial charge on any atom is 0.302 e. The van der Waals surface area contributed by atoms with Gasteiger partial charge in [-0.3, -0.25) is 14.4 Å². The molecular formula is C19H28O5. The van der Waals surface area contributed by atoms with Crippen molar-refractivity contribution in [3.63, 3.8) is 0 Å². The van der Waals surface area contributed by atoms with Crippen molar-refractivity contribution >= 4 is 18.2 Å². The van der Waals surface area contributed by atoms with E-state index in [0.29, 0.717) is 17.9 Å². The molecule has 24 heavy (non-hydrogen) atoms. The van der Waals surface area contributed by atoms with Gasteiger partial charge in [-0.15, -0.1) is 0 Å². The van der Waals surface area contributed by atoms with Crippen molar-refractivity contribution in [1.82, 2.24) is 0 Å². The SMILES string of the molecule is CC(=O)OC[C@H]1C(C=O)=CC[C@H]2C(C)(C)C[C@H](OC(C)=O)C[C@]12C. The van der Waals surface area contributed by atoms with E-state index in [-0.39, 0.29) is 41.4 Å². The molecular weight excluding hydrogens is 308 g/mol. The monoisotopic (exact) mass is 336 g/mol. The largest absolute Gasteiger partial charge is 0.465 e. The Balaban J connectivity index is 2.38. The Kier molecular flexibility index (Phi) is 5.21. The minimum atomic E-state index is -0.349. The molecule has 4 atom stereocenters. The first kappa shape index (κ1) is 18.7. The fourth-order valence-corrected chi connectivity index (χ4v) is 5.01. The standard InChI is InChI=1S/C19H28O5/c1-12(21)23-11-16-14(10-20)6-7-17-18(3,4)8-15(24-13(2)22)9-19(16,17)5/h6,10,15-17H,7-9,11H2,1-5H3/t15-,16-,17-,19+/m0/s1. The molecule has 2 aliphatic carbocycles. The van der Waals surface area contributed by atoms with E-state index in [9.17, 15) is 14.4 Å². The van der Waals surface area contributed by atoms with Crippen LogP contribution in [0, 0.1) is 22.7 Å². The molecule has 0 bridgehead atoms. The van der Waals surface area contributed by atoms with Crippen LogP contribution in [0.15, 0.2) is 11.6 Å². The summed E-state index contributed by atoms with van der Waals surface area (Å²) in [6.45, 7) is 9.51. The summed E-state index contributed by atoms with van der Waals surface area (Å²) in [6.07, 6.45) is 4.99. The number of fused-ring (bicyclic) bond motifs is 1. The zero-order valence-electron chi connectivity index (χ0n) is 15.3. The normalized spacial score (nSPS) is 34.5. The fourth-order valence-electron chi connectivity index (χ4n) is 5.01. The number of hydrogen-bond acceptors (Lipinski definition) is 5. The van der Waals surface area contributed by atoms with Crippen LogP contribution >= 0.6 is 0 Å². The van der Waals surface area contributed by atoms with Gasteiger partial charge in [0.15, 0.2) is 0 Å². The third kappa shape index (κ3) is 3.55. The van der Waals surface area contributed by atoms with Crippen LogP contribution in [-0.2, 0) is 23.9 Å². The van der Waals surface area contributed by atoms with Crippen LogP contribution in [-0.4, -0.2) is 30.9 Å². The van der Waals surface area contributed by atoms with Crippen molar-refractivity contribution in [2.24, 2.45) is 22.7 Å². The van der Waals surface area contributed by atoms with Gasteiger partial charge >= 0.3 is 11.9 Å². The average Bonchev–Trinajstić information content (AvgIpc) is 2.42. The summed E-state index contributed by atoms with van der Waals surface area (Å²) in [5.41, 5.74) is 0.392. The smallest absolute Gasteiger partial charge is 0.302 e. The molecule has 0 aromatic carbocycles. The van der Waals surface area contributed by atoms with Crippen LogP contribution in [0.4, 0.5) is 0 Å². The summed E-state index contributed by atoms with van der Waals surface area (Å²) in [5.74, 6) is -0.467. The number of esters is 2. The number of rotatable bonds is 4. The molecule has 0 aromatic rings. The molecule has 2 rings (SSSR count). The predicted octanol–water partition coefficient (Wildman–Crippen LogP) is 3.07. The Bertz CT molecular complexity index is 562. The van der Waals surface area contributed by atoms with Crippen molar-refractivity contribution < 1.29 is 23.9 Å². The van der Waals surface area contributed by atoms with Crippen LogP contribution < -0.4 is 0 Å². The van der Waals surface area contributed by atoms with Crippen LogP contribution in [0.1, 0.15) is 53.9 Å². The lowest BCUT2D eigenvalue weighted by Gasteiger charge is -2.57. The van der Waals surface area contributed by atoms with Crippen molar-refractivity contribution in [1.29, 1.82) is 0 Å². The van der Waals surface area contributed by atoms with Gasteiger partial charge in [-0.2, -0.15) is 0 Å². The van der Waals surface area contributed by atoms with Crippen LogP contribution in [0.2, 0.25) is 0 Å². The Morgan fingerprint density at radius 2 is 1.88 bits per heavy atom. The Hall–Kier alpha value is -1.65. The second-order valence-electron chi connectivity index (χ2n) is 8.10. The highest BCUT2D eigenvalue weighted by molar-refractivity contribution is 5.75. The van der Waals surface area contributed by atoms with Gasteiger partial charge in [0.1, 0.15) is 12.4 Å². The lowest BCUT2D eigenvalue weighted by molar-refractivity contribution is -0.164. The van der Waals surface area contributed by atoms with Gasteiger partial charge < -0.3 is 9.47 Å². The quantitative estimate of drug-likeness (QED) is 0.583. The predicted molar refractivity (Wildman–Crippen MR) is 89.1 cm³/mol. The summed E-state index contributed by atoms with van der Waals surface area (Å²) >= 11 is 0. The summed E-state index contributed by atoms with van der Waals surface area (Å²) < 4.78 is 10.8. The van der Waals surface area contributed by atoms with Crippen LogP contribution in [0.25, 0.3) is 0 Å². The number of carbonyl (C=O) groups excluding carboxylic acids is 3. The Labute approximate surface area is 143 Å². The molecule has 0 aliphatic heterocycles. The minimum Gasteiger partial charge on any atom is -0.465 e. The van der Waals surface area contributed by atoms with E-state index in [4.69, 9.17) is 9.47 Å². The lowest BCUT2D eigenvalue weighted by atomic mass is 9.48. The first-order valence-electron chi connectivity index (χ1n) is 8.56. The fraction of sp³-hybridized carbons (Fsp3) is 0.737. The number of aldehydes is 1. The molecule has 2 aliphatic rings. The second kappa shape index (κ2) is 6.69. The van der Waals surface area contributed by atoms with E-state index in [1.54, 1.807) is 0 Å². The van der Waals surface area contributed by atoms with E-state index >= 15 is 0 Å². The molecule has 0 aromatic heterocycles. The Morgan fingerprint density at radius 3 is 2.42 bits per heavy atom. The molecule has 0 amide bonds. The van der Waals surface area contributed by atoms with Crippen molar-refractivity contribution in [3.8, 4) is 0 Å². The molecule has 0 saturated heterocycles. The number of hydrogen-bond donors (Lipinski definition) is 0. The van der Waals surface area contributed by atoms with E-state index in [1.165, 1.54) is 13.8 Å². The number of ether oxygens (including phenoxy) is 2. The zero-order chi connectivity index (χ0) is 18.1. The number of allylic oxidation sites excluding steroid dienone is 1. The van der Waals surface area contributed by atoms with E-state index in [2.05, 4.69) is 20.8 Å². The van der Waals surface area contributed by atoms with Crippen molar-refractivity contribution in [2.45, 2.75) is 60.0 Å². The highest BCUT2D eigenvalue weighted by Gasteiger charge is 2.56. The summed E-state index contributed by atoms with van der Waals surface area (Å²) in [7, 11) is 0. The molecule has 0 heterocycles. The van der Waals surface area contributed by atoms with Gasteiger partial charge in [0, 0.05) is 19.8 Å². The third-order valence-electron chi connectivity index (χ3n) is 5.87. The van der Waals surface area contributed by atoms with Crippen molar-refractivity contribution in [2.75, 3.05) is 6.61 Å². The van der Waals surface area contributed by atoms with E-state index in [0.717, 1.165) is 19.1 Å². The minimum absolute atomic E-state index is 0.0352. The van der Waals surface area contributed by atoms with Gasteiger partial charge in [-0.25, -0.2) is 0 Å². The summed E-state index contributed by atoms with van der Waals surface area (Å²) in [4.78, 5) is 34.3. The first-order chi connectivity index (χ1) is 11.1. The zero-order valence-corrected chi connectivity index (χ0v) is 15.3. The number of carbonyl (C=O) groups is 3. The maximum atomic E-state index is 11.6. The molecule has 5 heteroatoms. The van der Waals surface area contributed by atoms with Gasteiger partial charge in [0.25, 0.3) is 0 Å². The Morgan fingerprint density at radius 1 is 1.21 bits per heavy atom. The molecule has 1 fully saturated rings. The van der Waals surface area contributed by atoms with Crippen LogP contribution in [0.3, 0.4) is 0 Å². The van der Waals surface area contributed by atoms with Crippen molar-refractivity contribution in [3.05, 3.63) is 11.6 Å². The summed E-state index contributed by atoms with van der Waals surface area (Å²) in [6, 6.07) is 0. The maximum absolute atomic E-state index is 11.6. The van der Waals surface area contributed by atoms with E-state index < -0.39 is 0 Å². The van der Waals surface area contributed by atoms with Crippen LogP contribution in [0.5, 0.6) is 0 Å². The van der Waals surface area contributed by atoms with Gasteiger partial charge in [0.2, 0.25) is 0 Å². The molecule has 5 nitrogen and oxygen atoms in total. The third-order valence-corrected chi connectivity index (χ3v) is 5.87. The van der Waals surface area contributed by atoms with Gasteiger partial charge in [-0.1, -0.05) is 26.8 Å². The average molecular weight is 336 g/mol. The molecule has 0 spiro atoms. The molecule has 134 valence electrons.